The first-order chi connectivity index (χ1) is 27.4. The smallest absolute Gasteiger partial charge is 0.264 e. The Hall–Kier alpha value is -3.42. The maximum Gasteiger partial charge on any atom is 0.264 e. The number of hydrogen-bond donors (Lipinski definition) is 2. The molecule has 2 aliphatic carbocycles. The van der Waals surface area contributed by atoms with Crippen LogP contribution in [0.25, 0.3) is 0 Å². The summed E-state index contributed by atoms with van der Waals surface area (Å²) in [7, 11) is -2.18. The van der Waals surface area contributed by atoms with Crippen LogP contribution in [0, 0.1) is 17.8 Å². The molecule has 2 bridgehead atoms. The highest BCUT2D eigenvalue weighted by Crippen LogP contribution is 2.49. The van der Waals surface area contributed by atoms with E-state index in [9.17, 15) is 18.0 Å². The highest BCUT2D eigenvalue weighted by Gasteiger charge is 2.50. The van der Waals surface area contributed by atoms with Gasteiger partial charge in [0.15, 0.2) is 0 Å². The summed E-state index contributed by atoms with van der Waals surface area (Å²) in [5.74, 6) is 0.189. The Morgan fingerprint density at radius 3 is 2.68 bits per heavy atom. The zero-order valence-electron chi connectivity index (χ0n) is 33.8. The minimum atomic E-state index is -4.00. The highest BCUT2D eigenvalue weighted by atomic mass is 35.5. The molecule has 2 N–H and O–H groups in total. The van der Waals surface area contributed by atoms with Crippen molar-refractivity contribution in [1.29, 1.82) is 0 Å². The Balaban J connectivity index is 1.27. The number of nitrogens with one attached hydrogen (secondary N) is 2. The van der Waals surface area contributed by atoms with Gasteiger partial charge in [0.2, 0.25) is 15.9 Å². The molecule has 2 fully saturated rings. The number of benzene rings is 2. The number of aryl methyl sites for hydroxylation is 1. The second kappa shape index (κ2) is 17.4. The number of halogens is 1. The number of fused-ring (bicyclic) bond motifs is 4. The van der Waals surface area contributed by atoms with Gasteiger partial charge in [0.05, 0.1) is 17.5 Å². The van der Waals surface area contributed by atoms with Crippen LogP contribution in [-0.2, 0) is 31.4 Å². The number of amides is 2. The molecule has 0 aromatic heterocycles. The molecule has 3 heterocycles. The molecule has 7 rings (SSSR count). The number of hydrogen-bond acceptors (Lipinski definition) is 9. The third-order valence-corrected chi connectivity index (χ3v) is 15.8. The first kappa shape index (κ1) is 41.7. The number of methoxy groups -OCH3 is 1. The Morgan fingerprint density at radius 2 is 1.91 bits per heavy atom. The average Bonchev–Trinajstić information content (AvgIpc) is 3.33. The number of carbonyl (C=O) groups excluding carboxylic acids is 2. The lowest BCUT2D eigenvalue weighted by atomic mass is 9.63. The number of allylic oxidation sites excluding steroid dienone is 1. The zero-order valence-corrected chi connectivity index (χ0v) is 35.4. The topological polar surface area (TPSA) is 121 Å². The molecule has 1 saturated heterocycles. The van der Waals surface area contributed by atoms with Crippen molar-refractivity contribution in [3.05, 3.63) is 82.9 Å². The lowest BCUT2D eigenvalue weighted by molar-refractivity contribution is -0.126. The van der Waals surface area contributed by atoms with Gasteiger partial charge in [0.1, 0.15) is 11.4 Å². The van der Waals surface area contributed by atoms with E-state index in [2.05, 4.69) is 50.7 Å². The summed E-state index contributed by atoms with van der Waals surface area (Å²) in [6, 6.07) is 11.6. The molecule has 3 aliphatic heterocycles. The molecule has 2 amide bonds. The van der Waals surface area contributed by atoms with Crippen molar-refractivity contribution < 1.29 is 27.5 Å². The maximum atomic E-state index is 13.7. The number of sulfonamides is 1. The van der Waals surface area contributed by atoms with Crippen LogP contribution < -0.4 is 19.7 Å². The largest absolute Gasteiger partial charge is 0.490 e. The Bertz CT molecular complexity index is 1960. The number of anilines is 1. The van der Waals surface area contributed by atoms with Crippen LogP contribution in [0.4, 0.5) is 5.69 Å². The SMILES string of the molecule is C=CC(=O)N1CCCN(C[C@]2(OC)/C=C/C[C@H](C)[C@@H](C)S(=O)(=O)NC(=O)c3ccc4c(c3)N(C[C@@H]3CC[C@H]32)C[C@@]2(CCCc3cc(Cl)ccc32)CO4)CCNCC1. The van der Waals surface area contributed by atoms with Gasteiger partial charge in [-0.05, 0) is 117 Å². The molecule has 11 nitrogen and oxygen atoms in total. The molecule has 2 aromatic carbocycles. The summed E-state index contributed by atoms with van der Waals surface area (Å²) >= 11 is 6.52. The van der Waals surface area contributed by atoms with E-state index in [4.69, 9.17) is 21.1 Å². The molecule has 310 valence electrons. The summed E-state index contributed by atoms with van der Waals surface area (Å²) in [5.41, 5.74) is 2.65. The molecule has 13 heteroatoms. The third kappa shape index (κ3) is 8.81. The second-order valence-corrected chi connectivity index (χ2v) is 19.6. The molecule has 1 saturated carbocycles. The normalized spacial score (nSPS) is 31.7. The Morgan fingerprint density at radius 1 is 1.09 bits per heavy atom. The van der Waals surface area contributed by atoms with E-state index in [0.717, 1.165) is 75.4 Å². The Labute approximate surface area is 344 Å². The monoisotopic (exact) mass is 821 g/mol. The minimum Gasteiger partial charge on any atom is -0.490 e. The predicted molar refractivity (Wildman–Crippen MR) is 226 cm³/mol. The summed E-state index contributed by atoms with van der Waals surface area (Å²) in [4.78, 5) is 33.0. The molecule has 6 atom stereocenters. The maximum absolute atomic E-state index is 13.7. The quantitative estimate of drug-likeness (QED) is 0.301. The fourth-order valence-electron chi connectivity index (χ4n) is 9.95. The number of carbonyl (C=O) groups is 2. The van der Waals surface area contributed by atoms with Crippen molar-refractivity contribution in [2.24, 2.45) is 17.8 Å². The third-order valence-electron chi connectivity index (χ3n) is 13.6. The van der Waals surface area contributed by atoms with Crippen molar-refractivity contribution >= 4 is 39.1 Å². The standard InChI is InChI=1S/C44H60ClN5O6S/c1-5-41(51)49-22-8-21-48(23-19-46-20-24-49)29-44(55-4)18-6-9-31(2)32(3)57(53,54)47-42(52)34-12-16-40-39(26-34)50(27-35-11-14-38(35)44)28-43(30-56-40)17-7-10-33-25-36(45)13-15-37(33)43/h5-6,12-13,15-16,18,25-26,31-32,35,38,46H,1,7-11,14,17,19-24,27-30H2,2-4H3,(H,47,52)/b18-6+/t31-,32+,35-,38+,43-,44+/m0/s1. The van der Waals surface area contributed by atoms with E-state index in [1.807, 2.05) is 37.1 Å². The molecule has 0 radical (unpaired) electrons. The molecule has 0 unspecified atom stereocenters. The van der Waals surface area contributed by atoms with Crippen LogP contribution in [0.15, 0.2) is 61.2 Å². The van der Waals surface area contributed by atoms with Gasteiger partial charge in [-0.3, -0.25) is 14.5 Å². The molecule has 2 aromatic rings. The first-order valence-electron chi connectivity index (χ1n) is 20.8. The number of rotatable bonds is 4. The Kier molecular flexibility index (Phi) is 12.8. The van der Waals surface area contributed by atoms with E-state index >= 15 is 0 Å². The van der Waals surface area contributed by atoms with Gasteiger partial charge < -0.3 is 24.6 Å². The van der Waals surface area contributed by atoms with Crippen molar-refractivity contribution in [2.45, 2.75) is 75.1 Å². The van der Waals surface area contributed by atoms with E-state index in [1.165, 1.54) is 17.2 Å². The van der Waals surface area contributed by atoms with E-state index < -0.39 is 26.8 Å². The minimum absolute atomic E-state index is 0.0464. The average molecular weight is 823 g/mol. The molecule has 57 heavy (non-hydrogen) atoms. The van der Waals surface area contributed by atoms with Crippen LogP contribution in [0.2, 0.25) is 5.02 Å². The van der Waals surface area contributed by atoms with Gasteiger partial charge in [0.25, 0.3) is 5.91 Å². The fraction of sp³-hybridized carbons (Fsp3) is 0.591. The molecule has 1 spiro atoms. The van der Waals surface area contributed by atoms with Crippen LogP contribution in [0.1, 0.15) is 73.9 Å². The van der Waals surface area contributed by atoms with Crippen molar-refractivity contribution in [3.63, 3.8) is 0 Å². The summed E-state index contributed by atoms with van der Waals surface area (Å²) in [6.45, 7) is 14.3. The van der Waals surface area contributed by atoms with Crippen LogP contribution in [0.3, 0.4) is 0 Å². The zero-order chi connectivity index (χ0) is 40.4. The van der Waals surface area contributed by atoms with Gasteiger partial charge in [-0.2, -0.15) is 0 Å². The van der Waals surface area contributed by atoms with Gasteiger partial charge in [-0.25, -0.2) is 13.1 Å². The number of nitrogens with zero attached hydrogens (tertiary/aromatic N) is 3. The lowest BCUT2D eigenvalue weighted by Crippen LogP contribution is -2.57. The molecule has 5 aliphatic rings. The molecular formula is C44H60ClN5O6S. The number of ether oxygens (including phenoxy) is 2. The second-order valence-electron chi connectivity index (χ2n) is 17.1. The van der Waals surface area contributed by atoms with Crippen LogP contribution in [-0.4, -0.2) is 114 Å². The van der Waals surface area contributed by atoms with E-state index in [1.54, 1.807) is 13.0 Å². The van der Waals surface area contributed by atoms with Crippen molar-refractivity contribution in [3.8, 4) is 5.75 Å². The van der Waals surface area contributed by atoms with Crippen molar-refractivity contribution in [2.75, 3.05) is 77.5 Å². The van der Waals surface area contributed by atoms with Crippen LogP contribution in [0.5, 0.6) is 5.75 Å². The van der Waals surface area contributed by atoms with Gasteiger partial charge in [-0.15, -0.1) is 0 Å². The predicted octanol–water partition coefficient (Wildman–Crippen LogP) is 5.58. The van der Waals surface area contributed by atoms with Crippen molar-refractivity contribution in [1.82, 2.24) is 19.8 Å². The fourth-order valence-corrected chi connectivity index (χ4v) is 11.4. The summed E-state index contributed by atoms with van der Waals surface area (Å²) in [6.07, 6.45) is 12.0. The van der Waals surface area contributed by atoms with Gasteiger partial charge in [0, 0.05) is 82.0 Å². The first-order valence-corrected chi connectivity index (χ1v) is 22.7. The van der Waals surface area contributed by atoms with Crippen LogP contribution >= 0.6 is 11.6 Å². The molecular weight excluding hydrogens is 762 g/mol. The van der Waals surface area contributed by atoms with E-state index in [0.29, 0.717) is 51.5 Å². The van der Waals surface area contributed by atoms with Gasteiger partial charge >= 0.3 is 0 Å². The van der Waals surface area contributed by atoms with E-state index in [-0.39, 0.29) is 34.6 Å². The lowest BCUT2D eigenvalue weighted by Gasteiger charge is -2.52. The summed E-state index contributed by atoms with van der Waals surface area (Å²) in [5, 5.41) is 3.44. The van der Waals surface area contributed by atoms with Gasteiger partial charge in [-0.1, -0.05) is 43.3 Å². The highest BCUT2D eigenvalue weighted by molar-refractivity contribution is 7.90. The summed E-state index contributed by atoms with van der Waals surface area (Å²) < 4.78 is 43.2.